The Morgan fingerprint density at radius 3 is 2.89 bits per heavy atom. The number of hydrogen-bond acceptors (Lipinski definition) is 3. The van der Waals surface area contributed by atoms with Crippen LogP contribution in [0.4, 0.5) is 5.69 Å². The molecule has 104 valence electrons. The first-order valence-corrected chi connectivity index (χ1v) is 7.38. The molecule has 1 saturated heterocycles. The average molecular weight is 259 g/mol. The molecule has 0 spiro atoms. The fourth-order valence-corrected chi connectivity index (χ4v) is 3.43. The van der Waals surface area contributed by atoms with Gasteiger partial charge >= 0.3 is 0 Å². The molecule has 1 fully saturated rings. The number of hydrogen-bond donors (Lipinski definition) is 1. The second-order valence-corrected chi connectivity index (χ2v) is 6.50. The van der Waals surface area contributed by atoms with Gasteiger partial charge < -0.3 is 10.2 Å². The first-order valence-electron chi connectivity index (χ1n) is 7.38. The zero-order valence-electron chi connectivity index (χ0n) is 12.2. The molecule has 2 aliphatic rings. The van der Waals surface area contributed by atoms with Crippen molar-refractivity contribution < 1.29 is 0 Å². The van der Waals surface area contributed by atoms with Crippen LogP contribution in [0.25, 0.3) is 0 Å². The second-order valence-electron chi connectivity index (χ2n) is 6.50. The van der Waals surface area contributed by atoms with E-state index >= 15 is 0 Å². The molecule has 19 heavy (non-hydrogen) atoms. The molecule has 2 aliphatic heterocycles. The van der Waals surface area contributed by atoms with Crippen molar-refractivity contribution in [3.63, 3.8) is 0 Å². The summed E-state index contributed by atoms with van der Waals surface area (Å²) >= 11 is 0. The van der Waals surface area contributed by atoms with E-state index in [0.717, 1.165) is 13.1 Å². The third kappa shape index (κ3) is 2.77. The van der Waals surface area contributed by atoms with Crippen molar-refractivity contribution in [2.24, 2.45) is 5.41 Å². The van der Waals surface area contributed by atoms with Crippen LogP contribution < -0.4 is 10.2 Å². The first kappa shape index (κ1) is 12.9. The topological polar surface area (TPSA) is 18.5 Å². The van der Waals surface area contributed by atoms with Crippen LogP contribution >= 0.6 is 0 Å². The smallest absolute Gasteiger partial charge is 0.0409 e. The van der Waals surface area contributed by atoms with Gasteiger partial charge in [0, 0.05) is 45.5 Å². The van der Waals surface area contributed by atoms with E-state index in [1.165, 1.54) is 43.9 Å². The summed E-state index contributed by atoms with van der Waals surface area (Å²) in [5.41, 5.74) is 3.33. The minimum Gasteiger partial charge on any atom is -0.373 e. The zero-order valence-corrected chi connectivity index (χ0v) is 12.2. The SMILES string of the molecule is CN1CCN(CC2(C)CCNC2)Cc2ccccc21. The van der Waals surface area contributed by atoms with Crippen LogP contribution in [0.1, 0.15) is 18.9 Å². The van der Waals surface area contributed by atoms with E-state index in [-0.39, 0.29) is 0 Å². The normalized spacial score (nSPS) is 28.2. The summed E-state index contributed by atoms with van der Waals surface area (Å²) < 4.78 is 0. The summed E-state index contributed by atoms with van der Waals surface area (Å²) in [5, 5.41) is 3.51. The Bertz CT molecular complexity index is 437. The molecule has 3 rings (SSSR count). The highest BCUT2D eigenvalue weighted by Gasteiger charge is 2.31. The molecule has 0 aliphatic carbocycles. The monoisotopic (exact) mass is 259 g/mol. The lowest BCUT2D eigenvalue weighted by atomic mass is 9.89. The van der Waals surface area contributed by atoms with Crippen molar-refractivity contribution in [2.45, 2.75) is 19.9 Å². The lowest BCUT2D eigenvalue weighted by molar-refractivity contribution is 0.177. The van der Waals surface area contributed by atoms with E-state index in [2.05, 4.69) is 53.4 Å². The van der Waals surface area contributed by atoms with E-state index in [0.29, 0.717) is 5.41 Å². The molecule has 1 atom stereocenters. The number of nitrogens with zero attached hydrogens (tertiary/aromatic N) is 2. The van der Waals surface area contributed by atoms with Gasteiger partial charge in [0.15, 0.2) is 0 Å². The van der Waals surface area contributed by atoms with Gasteiger partial charge in [0.1, 0.15) is 0 Å². The maximum atomic E-state index is 3.51. The highest BCUT2D eigenvalue weighted by Crippen LogP contribution is 2.29. The number of nitrogens with one attached hydrogen (secondary N) is 1. The number of rotatable bonds is 2. The van der Waals surface area contributed by atoms with Crippen molar-refractivity contribution in [3.05, 3.63) is 29.8 Å². The van der Waals surface area contributed by atoms with Crippen LogP contribution in [0, 0.1) is 5.41 Å². The fourth-order valence-electron chi connectivity index (χ4n) is 3.43. The molecular weight excluding hydrogens is 234 g/mol. The summed E-state index contributed by atoms with van der Waals surface area (Å²) in [6.45, 7) is 9.37. The maximum absolute atomic E-state index is 3.51. The Kier molecular flexibility index (Phi) is 3.50. The molecule has 3 heteroatoms. The molecule has 0 radical (unpaired) electrons. The van der Waals surface area contributed by atoms with Gasteiger partial charge in [0.2, 0.25) is 0 Å². The lowest BCUT2D eigenvalue weighted by Gasteiger charge is -2.31. The van der Waals surface area contributed by atoms with E-state index in [4.69, 9.17) is 0 Å². The van der Waals surface area contributed by atoms with Crippen LogP contribution in [0.2, 0.25) is 0 Å². The number of anilines is 1. The lowest BCUT2D eigenvalue weighted by Crippen LogP contribution is -2.39. The highest BCUT2D eigenvalue weighted by molar-refractivity contribution is 5.53. The van der Waals surface area contributed by atoms with Crippen molar-refractivity contribution >= 4 is 5.69 Å². The summed E-state index contributed by atoms with van der Waals surface area (Å²) in [7, 11) is 2.21. The van der Waals surface area contributed by atoms with Gasteiger partial charge in [-0.05, 0) is 30.0 Å². The molecule has 2 heterocycles. The molecule has 3 nitrogen and oxygen atoms in total. The molecule has 0 aromatic heterocycles. The maximum Gasteiger partial charge on any atom is 0.0409 e. The molecule has 1 N–H and O–H groups in total. The molecular formula is C16H25N3. The van der Waals surface area contributed by atoms with Crippen LogP contribution in [-0.2, 0) is 6.54 Å². The van der Waals surface area contributed by atoms with Gasteiger partial charge in [-0.1, -0.05) is 25.1 Å². The Morgan fingerprint density at radius 1 is 1.26 bits per heavy atom. The predicted molar refractivity (Wildman–Crippen MR) is 80.6 cm³/mol. The number of para-hydroxylation sites is 1. The zero-order chi connectivity index (χ0) is 13.3. The summed E-state index contributed by atoms with van der Waals surface area (Å²) in [5.74, 6) is 0. The molecule has 0 amide bonds. The van der Waals surface area contributed by atoms with Gasteiger partial charge in [0.25, 0.3) is 0 Å². The third-order valence-corrected chi connectivity index (χ3v) is 4.61. The van der Waals surface area contributed by atoms with Gasteiger partial charge in [0.05, 0.1) is 0 Å². The van der Waals surface area contributed by atoms with Crippen molar-refractivity contribution in [1.29, 1.82) is 0 Å². The van der Waals surface area contributed by atoms with E-state index in [1.807, 2.05) is 0 Å². The van der Waals surface area contributed by atoms with Gasteiger partial charge in [-0.3, -0.25) is 4.90 Å². The molecule has 1 aromatic rings. The summed E-state index contributed by atoms with van der Waals surface area (Å²) in [6.07, 6.45) is 1.31. The van der Waals surface area contributed by atoms with Crippen molar-refractivity contribution in [3.8, 4) is 0 Å². The minimum atomic E-state index is 0.456. The second kappa shape index (κ2) is 5.14. The Hall–Kier alpha value is -1.06. The Balaban J connectivity index is 1.75. The number of likely N-dealkylation sites (N-methyl/N-ethyl adjacent to an activating group) is 1. The Morgan fingerprint density at radius 2 is 2.11 bits per heavy atom. The molecule has 1 aromatic carbocycles. The molecule has 0 bridgehead atoms. The highest BCUT2D eigenvalue weighted by atomic mass is 15.2. The molecule has 0 saturated carbocycles. The molecule has 1 unspecified atom stereocenters. The first-order chi connectivity index (χ1) is 9.16. The van der Waals surface area contributed by atoms with Crippen LogP contribution in [-0.4, -0.2) is 44.7 Å². The van der Waals surface area contributed by atoms with Crippen molar-refractivity contribution in [2.75, 3.05) is 44.7 Å². The average Bonchev–Trinajstić information content (AvgIpc) is 2.76. The summed E-state index contributed by atoms with van der Waals surface area (Å²) in [6, 6.07) is 8.83. The quantitative estimate of drug-likeness (QED) is 0.875. The minimum absolute atomic E-state index is 0.456. The van der Waals surface area contributed by atoms with Gasteiger partial charge in [-0.25, -0.2) is 0 Å². The Labute approximate surface area is 116 Å². The van der Waals surface area contributed by atoms with E-state index in [9.17, 15) is 0 Å². The number of benzene rings is 1. The van der Waals surface area contributed by atoms with E-state index in [1.54, 1.807) is 0 Å². The predicted octanol–water partition coefficient (Wildman–Crippen LogP) is 1.94. The fraction of sp³-hybridized carbons (Fsp3) is 0.625. The van der Waals surface area contributed by atoms with Crippen LogP contribution in [0.5, 0.6) is 0 Å². The van der Waals surface area contributed by atoms with E-state index < -0.39 is 0 Å². The number of fused-ring (bicyclic) bond motifs is 1. The van der Waals surface area contributed by atoms with Gasteiger partial charge in [-0.2, -0.15) is 0 Å². The summed E-state index contributed by atoms with van der Waals surface area (Å²) in [4.78, 5) is 5.03. The standard InChI is InChI=1S/C16H25N3/c1-16(7-8-17-12-16)13-19-10-9-18(2)15-6-4-3-5-14(15)11-19/h3-6,17H,7-13H2,1-2H3. The van der Waals surface area contributed by atoms with Crippen LogP contribution in [0.15, 0.2) is 24.3 Å². The van der Waals surface area contributed by atoms with Crippen LogP contribution in [0.3, 0.4) is 0 Å². The van der Waals surface area contributed by atoms with Crippen molar-refractivity contribution in [1.82, 2.24) is 10.2 Å². The largest absolute Gasteiger partial charge is 0.373 e. The van der Waals surface area contributed by atoms with Gasteiger partial charge in [-0.15, -0.1) is 0 Å². The third-order valence-electron chi connectivity index (χ3n) is 4.61.